The minimum absolute atomic E-state index is 0. The first kappa shape index (κ1) is 7.69. The summed E-state index contributed by atoms with van der Waals surface area (Å²) in [5.41, 5.74) is 0. The van der Waals surface area contributed by atoms with Crippen LogP contribution in [0.3, 0.4) is 0 Å². The molecule has 8 heavy (non-hydrogen) atoms. The number of hydrogen-bond donors (Lipinski definition) is 0. The molecule has 0 spiro atoms. The number of hydrogen-bond acceptors (Lipinski definition) is 1. The Morgan fingerprint density at radius 3 is 2.62 bits per heavy atom. The molecule has 0 N–H and O–H groups in total. The van der Waals surface area contributed by atoms with Gasteiger partial charge in [-0.1, -0.05) is 0 Å². The van der Waals surface area contributed by atoms with Gasteiger partial charge in [0, 0.05) is 18.9 Å². The van der Waals surface area contributed by atoms with Gasteiger partial charge in [-0.2, -0.15) is 0 Å². The lowest BCUT2D eigenvalue weighted by atomic mass is 10.7. The Bertz CT molecular complexity index is 125. The van der Waals surface area contributed by atoms with E-state index in [1.807, 2.05) is 10.8 Å². The first-order valence-corrected chi connectivity index (χ1v) is 2.39. The molecule has 0 radical (unpaired) electrons. The molecule has 1 heterocycles. The molecular weight excluding hydrogens is 168 g/mol. The summed E-state index contributed by atoms with van der Waals surface area (Å²) in [5, 5.41) is 0. The summed E-state index contributed by atoms with van der Waals surface area (Å²) >= 11 is 0. The van der Waals surface area contributed by atoms with Crippen molar-refractivity contribution >= 4 is 17.0 Å². The predicted octanol–water partition coefficient (Wildman–Crippen LogP) is 1.48. The van der Waals surface area contributed by atoms with Crippen LogP contribution in [-0.4, -0.2) is 9.55 Å². The zero-order valence-corrected chi connectivity index (χ0v) is 6.45. The van der Waals surface area contributed by atoms with Crippen molar-refractivity contribution in [3.05, 3.63) is 18.7 Å². The van der Waals surface area contributed by atoms with Crippen molar-refractivity contribution in [1.82, 2.24) is 9.55 Å². The molecule has 0 aliphatic heterocycles. The van der Waals surface area contributed by atoms with Crippen LogP contribution in [0, 0.1) is 0 Å². The second kappa shape index (κ2) is 3.66. The van der Waals surface area contributed by atoms with Gasteiger partial charge < -0.3 is 4.57 Å². The Morgan fingerprint density at radius 1 is 1.62 bits per heavy atom. The van der Waals surface area contributed by atoms with E-state index in [1.165, 1.54) is 0 Å². The third-order valence-electron chi connectivity index (χ3n) is 0.924. The zero-order valence-electron chi connectivity index (χ0n) is 4.74. The molecule has 1 aromatic rings. The zero-order chi connectivity index (χ0) is 5.11. The number of nitrogens with zero attached hydrogens (tertiary/aromatic N) is 2. The molecule has 0 aliphatic carbocycles. The second-order valence-electron chi connectivity index (χ2n) is 1.39. The van der Waals surface area contributed by atoms with E-state index in [0.717, 1.165) is 6.54 Å². The highest BCUT2D eigenvalue weighted by molar-refractivity contribution is 8.93. The Balaban J connectivity index is 0.000000490. The van der Waals surface area contributed by atoms with Gasteiger partial charge in [-0.3, -0.25) is 0 Å². The standard InChI is InChI=1S/C5H8N2.BrH/c1-2-7-4-3-6-5-7;/h3-5H,2H2,1H3;1H. The molecular formula is C5H9BrN2. The summed E-state index contributed by atoms with van der Waals surface area (Å²) in [6.07, 6.45) is 5.53. The Hall–Kier alpha value is -0.310. The van der Waals surface area contributed by atoms with Crippen LogP contribution in [0.25, 0.3) is 0 Å². The van der Waals surface area contributed by atoms with Crippen LogP contribution in [0.4, 0.5) is 0 Å². The van der Waals surface area contributed by atoms with Crippen LogP contribution < -0.4 is 0 Å². The molecule has 0 atom stereocenters. The van der Waals surface area contributed by atoms with Crippen molar-refractivity contribution < 1.29 is 0 Å². The summed E-state index contributed by atoms with van der Waals surface area (Å²) in [7, 11) is 0. The lowest BCUT2D eigenvalue weighted by molar-refractivity contribution is 0.761. The van der Waals surface area contributed by atoms with Crippen molar-refractivity contribution in [1.29, 1.82) is 0 Å². The molecule has 0 aromatic carbocycles. The van der Waals surface area contributed by atoms with Gasteiger partial charge >= 0.3 is 0 Å². The third kappa shape index (κ3) is 1.66. The first-order valence-electron chi connectivity index (χ1n) is 2.39. The number of aryl methyl sites for hydroxylation is 1. The van der Waals surface area contributed by atoms with Gasteiger partial charge in [-0.05, 0) is 6.92 Å². The van der Waals surface area contributed by atoms with E-state index in [9.17, 15) is 0 Å². The van der Waals surface area contributed by atoms with Crippen LogP contribution in [0.2, 0.25) is 0 Å². The van der Waals surface area contributed by atoms with Gasteiger partial charge in [-0.25, -0.2) is 4.98 Å². The quantitative estimate of drug-likeness (QED) is 0.635. The maximum Gasteiger partial charge on any atom is 0.0945 e. The molecule has 0 aliphatic rings. The van der Waals surface area contributed by atoms with Crippen molar-refractivity contribution in [2.45, 2.75) is 13.5 Å². The fourth-order valence-electron chi connectivity index (χ4n) is 0.474. The van der Waals surface area contributed by atoms with E-state index in [-0.39, 0.29) is 17.0 Å². The van der Waals surface area contributed by atoms with E-state index >= 15 is 0 Å². The largest absolute Gasteiger partial charge is 0.338 e. The molecule has 1 aromatic heterocycles. The summed E-state index contributed by atoms with van der Waals surface area (Å²) in [5.74, 6) is 0. The van der Waals surface area contributed by atoms with Crippen molar-refractivity contribution in [2.75, 3.05) is 0 Å². The number of halogens is 1. The second-order valence-corrected chi connectivity index (χ2v) is 1.39. The highest BCUT2D eigenvalue weighted by atomic mass is 79.9. The van der Waals surface area contributed by atoms with Gasteiger partial charge in [0.05, 0.1) is 6.33 Å². The maximum atomic E-state index is 3.86. The van der Waals surface area contributed by atoms with Gasteiger partial charge in [0.15, 0.2) is 0 Å². The minimum atomic E-state index is 0. The number of aromatic nitrogens is 2. The molecule has 2 nitrogen and oxygen atoms in total. The molecule has 0 unspecified atom stereocenters. The third-order valence-corrected chi connectivity index (χ3v) is 0.924. The summed E-state index contributed by atoms with van der Waals surface area (Å²) in [6, 6.07) is 0. The molecule has 0 saturated heterocycles. The maximum absolute atomic E-state index is 3.86. The average Bonchev–Trinajstić information content (AvgIpc) is 2.14. The minimum Gasteiger partial charge on any atom is -0.338 e. The summed E-state index contributed by atoms with van der Waals surface area (Å²) < 4.78 is 2.01. The monoisotopic (exact) mass is 176 g/mol. The molecule has 46 valence electrons. The Labute approximate surface area is 59.3 Å². The van der Waals surface area contributed by atoms with E-state index in [2.05, 4.69) is 11.9 Å². The fourth-order valence-corrected chi connectivity index (χ4v) is 0.474. The van der Waals surface area contributed by atoms with Crippen LogP contribution in [0.1, 0.15) is 6.92 Å². The molecule has 0 bridgehead atoms. The fraction of sp³-hybridized carbons (Fsp3) is 0.400. The lowest BCUT2D eigenvalue weighted by Crippen LogP contribution is -1.85. The highest BCUT2D eigenvalue weighted by Gasteiger charge is 1.77. The number of rotatable bonds is 1. The average molecular weight is 177 g/mol. The van der Waals surface area contributed by atoms with E-state index in [0.29, 0.717) is 0 Å². The normalized spacial score (nSPS) is 8.12. The summed E-state index contributed by atoms with van der Waals surface area (Å²) in [4.78, 5) is 3.86. The smallest absolute Gasteiger partial charge is 0.0945 e. The lowest BCUT2D eigenvalue weighted by Gasteiger charge is -1.87. The Kier molecular flexibility index (Phi) is 3.52. The molecule has 0 fully saturated rings. The molecule has 0 amide bonds. The number of imidazole rings is 1. The van der Waals surface area contributed by atoms with Gasteiger partial charge in [-0.15, -0.1) is 17.0 Å². The molecule has 0 saturated carbocycles. The van der Waals surface area contributed by atoms with Crippen LogP contribution >= 0.6 is 17.0 Å². The molecule has 3 heteroatoms. The van der Waals surface area contributed by atoms with Crippen molar-refractivity contribution in [3.8, 4) is 0 Å². The van der Waals surface area contributed by atoms with Crippen LogP contribution in [-0.2, 0) is 6.54 Å². The van der Waals surface area contributed by atoms with E-state index < -0.39 is 0 Å². The summed E-state index contributed by atoms with van der Waals surface area (Å²) in [6.45, 7) is 3.10. The molecule has 1 rings (SSSR count). The van der Waals surface area contributed by atoms with E-state index in [4.69, 9.17) is 0 Å². The van der Waals surface area contributed by atoms with Crippen molar-refractivity contribution in [2.24, 2.45) is 0 Å². The highest BCUT2D eigenvalue weighted by Crippen LogP contribution is 1.81. The van der Waals surface area contributed by atoms with Gasteiger partial charge in [0.2, 0.25) is 0 Å². The van der Waals surface area contributed by atoms with Gasteiger partial charge in [0.1, 0.15) is 0 Å². The van der Waals surface area contributed by atoms with E-state index in [1.54, 1.807) is 12.5 Å². The predicted molar refractivity (Wildman–Crippen MR) is 38.2 cm³/mol. The SMILES string of the molecule is Br.CCn1ccnc1. The van der Waals surface area contributed by atoms with Crippen molar-refractivity contribution in [3.63, 3.8) is 0 Å². The topological polar surface area (TPSA) is 17.8 Å². The van der Waals surface area contributed by atoms with Gasteiger partial charge in [0.25, 0.3) is 0 Å². The Morgan fingerprint density at radius 2 is 2.38 bits per heavy atom. The van der Waals surface area contributed by atoms with Crippen LogP contribution in [0.5, 0.6) is 0 Å². The van der Waals surface area contributed by atoms with Crippen LogP contribution in [0.15, 0.2) is 18.7 Å². The first-order chi connectivity index (χ1) is 3.43.